The van der Waals surface area contributed by atoms with E-state index in [-0.39, 0.29) is 17.9 Å². The lowest BCUT2D eigenvalue weighted by Gasteiger charge is -1.97. The highest BCUT2D eigenvalue weighted by molar-refractivity contribution is 5.98. The first-order valence-corrected chi connectivity index (χ1v) is 3.72. The van der Waals surface area contributed by atoms with Gasteiger partial charge >= 0.3 is 5.97 Å². The number of hydrogen-bond acceptors (Lipinski definition) is 3. The molecule has 0 bridgehead atoms. The minimum Gasteiger partial charge on any atom is -0.478 e. The van der Waals surface area contributed by atoms with Crippen LogP contribution in [0.3, 0.4) is 0 Å². The number of Topliss-reactive ketones (excluding diaryl/α,β-unsaturated/α-hetero) is 1. The third-order valence-corrected chi connectivity index (χ3v) is 1.64. The van der Waals surface area contributed by atoms with Crippen molar-refractivity contribution in [2.24, 2.45) is 5.73 Å². The van der Waals surface area contributed by atoms with Crippen molar-refractivity contribution >= 4 is 11.8 Å². The lowest BCUT2D eigenvalue weighted by Crippen LogP contribution is -2.13. The van der Waals surface area contributed by atoms with Crippen LogP contribution in [0.1, 0.15) is 20.7 Å². The molecule has 1 aromatic carbocycles. The van der Waals surface area contributed by atoms with Crippen molar-refractivity contribution in [2.45, 2.75) is 0 Å². The Kier molecular flexibility index (Phi) is 2.76. The van der Waals surface area contributed by atoms with Crippen LogP contribution in [0.4, 0.5) is 0 Å². The molecule has 3 N–H and O–H groups in total. The molecule has 0 atom stereocenters. The zero-order valence-corrected chi connectivity index (χ0v) is 6.86. The summed E-state index contributed by atoms with van der Waals surface area (Å²) in [5.74, 6) is -1.20. The van der Waals surface area contributed by atoms with Crippen LogP contribution < -0.4 is 5.73 Å². The summed E-state index contributed by atoms with van der Waals surface area (Å²) >= 11 is 0. The first kappa shape index (κ1) is 9.41. The molecule has 0 unspecified atom stereocenters. The number of ketones is 1. The Morgan fingerprint density at radius 3 is 2.00 bits per heavy atom. The predicted octanol–water partition coefficient (Wildman–Crippen LogP) is 0.526. The molecule has 0 saturated heterocycles. The summed E-state index contributed by atoms with van der Waals surface area (Å²) in [6.45, 7) is -0.0631. The first-order valence-electron chi connectivity index (χ1n) is 3.72. The molecule has 0 fully saturated rings. The van der Waals surface area contributed by atoms with Crippen molar-refractivity contribution in [3.8, 4) is 0 Å². The fraction of sp³-hybridized carbons (Fsp3) is 0.111. The van der Waals surface area contributed by atoms with Crippen LogP contribution in [0, 0.1) is 0 Å². The van der Waals surface area contributed by atoms with Crippen molar-refractivity contribution in [1.29, 1.82) is 0 Å². The largest absolute Gasteiger partial charge is 0.478 e. The summed E-state index contributed by atoms with van der Waals surface area (Å²) in [7, 11) is 0. The maximum atomic E-state index is 11.0. The second-order valence-corrected chi connectivity index (χ2v) is 2.51. The molecule has 13 heavy (non-hydrogen) atoms. The first-order chi connectivity index (χ1) is 6.15. The molecule has 0 aliphatic rings. The number of hydrogen-bond donors (Lipinski definition) is 2. The van der Waals surface area contributed by atoms with Gasteiger partial charge in [0.15, 0.2) is 5.78 Å². The van der Waals surface area contributed by atoms with Gasteiger partial charge in [-0.05, 0) is 12.1 Å². The fourth-order valence-corrected chi connectivity index (χ4v) is 0.917. The fourth-order valence-electron chi connectivity index (χ4n) is 0.917. The van der Waals surface area contributed by atoms with Gasteiger partial charge in [-0.3, -0.25) is 4.79 Å². The van der Waals surface area contributed by atoms with E-state index in [1.165, 1.54) is 24.3 Å². The van der Waals surface area contributed by atoms with Gasteiger partial charge < -0.3 is 10.8 Å². The van der Waals surface area contributed by atoms with E-state index in [1.54, 1.807) is 0 Å². The van der Waals surface area contributed by atoms with Gasteiger partial charge in [-0.15, -0.1) is 0 Å². The van der Waals surface area contributed by atoms with E-state index in [0.29, 0.717) is 5.56 Å². The Hall–Kier alpha value is -1.68. The average Bonchev–Trinajstić information content (AvgIpc) is 2.17. The van der Waals surface area contributed by atoms with E-state index in [0.717, 1.165) is 0 Å². The standard InChI is InChI=1S/C9H9NO3/c10-5-8(11)6-1-3-7(4-2-6)9(12)13/h1-4H,5,10H2,(H,12,13). The van der Waals surface area contributed by atoms with Gasteiger partial charge in [-0.2, -0.15) is 0 Å². The van der Waals surface area contributed by atoms with E-state index < -0.39 is 5.97 Å². The quantitative estimate of drug-likeness (QED) is 0.663. The molecule has 1 rings (SSSR count). The van der Waals surface area contributed by atoms with Crippen LogP contribution >= 0.6 is 0 Å². The van der Waals surface area contributed by atoms with Crippen LogP contribution in [0.15, 0.2) is 24.3 Å². The number of carboxylic acid groups (broad SMARTS) is 1. The van der Waals surface area contributed by atoms with Gasteiger partial charge in [-0.1, -0.05) is 12.1 Å². The molecule has 0 aromatic heterocycles. The second kappa shape index (κ2) is 3.82. The molecule has 0 amide bonds. The molecule has 4 heteroatoms. The van der Waals surface area contributed by atoms with Crippen molar-refractivity contribution in [2.75, 3.05) is 6.54 Å². The molecule has 0 heterocycles. The maximum Gasteiger partial charge on any atom is 0.335 e. The number of carbonyl (C=O) groups is 2. The van der Waals surface area contributed by atoms with Gasteiger partial charge in [0.05, 0.1) is 12.1 Å². The number of carbonyl (C=O) groups excluding carboxylic acids is 1. The van der Waals surface area contributed by atoms with Gasteiger partial charge in [0.1, 0.15) is 0 Å². The Morgan fingerprint density at radius 1 is 1.15 bits per heavy atom. The summed E-state index contributed by atoms with van der Waals surface area (Å²) in [5, 5.41) is 8.56. The summed E-state index contributed by atoms with van der Waals surface area (Å²) in [5.41, 5.74) is 5.73. The molecule has 1 aromatic rings. The molecular weight excluding hydrogens is 170 g/mol. The summed E-state index contributed by atoms with van der Waals surface area (Å²) in [6, 6.07) is 5.67. The van der Waals surface area contributed by atoms with Gasteiger partial charge in [0, 0.05) is 5.56 Å². The van der Waals surface area contributed by atoms with Gasteiger partial charge in [-0.25, -0.2) is 4.79 Å². The topological polar surface area (TPSA) is 80.4 Å². The minimum absolute atomic E-state index is 0.0631. The molecule has 0 radical (unpaired) electrons. The summed E-state index contributed by atoms with van der Waals surface area (Å²) in [6.07, 6.45) is 0. The van der Waals surface area contributed by atoms with E-state index in [1.807, 2.05) is 0 Å². The van der Waals surface area contributed by atoms with Crippen molar-refractivity contribution in [1.82, 2.24) is 0 Å². The van der Waals surface area contributed by atoms with Crippen molar-refractivity contribution in [3.05, 3.63) is 35.4 Å². The predicted molar refractivity (Wildman–Crippen MR) is 46.8 cm³/mol. The Morgan fingerprint density at radius 2 is 1.62 bits per heavy atom. The van der Waals surface area contributed by atoms with Crippen LogP contribution in [0.5, 0.6) is 0 Å². The van der Waals surface area contributed by atoms with E-state index in [9.17, 15) is 9.59 Å². The lowest BCUT2D eigenvalue weighted by molar-refractivity contribution is 0.0696. The minimum atomic E-state index is -1.01. The highest BCUT2D eigenvalue weighted by Gasteiger charge is 2.05. The average molecular weight is 179 g/mol. The van der Waals surface area contributed by atoms with Crippen molar-refractivity contribution in [3.63, 3.8) is 0 Å². The number of nitrogens with two attached hydrogens (primary N) is 1. The van der Waals surface area contributed by atoms with Crippen LogP contribution in [-0.4, -0.2) is 23.4 Å². The number of carboxylic acids is 1. The zero-order chi connectivity index (χ0) is 9.84. The Labute approximate surface area is 75.0 Å². The SMILES string of the molecule is NCC(=O)c1ccc(C(=O)O)cc1. The third kappa shape index (κ3) is 2.13. The molecule has 0 aliphatic carbocycles. The molecule has 0 saturated carbocycles. The van der Waals surface area contributed by atoms with Gasteiger partial charge in [0.2, 0.25) is 0 Å². The van der Waals surface area contributed by atoms with Crippen LogP contribution in [0.2, 0.25) is 0 Å². The highest BCUT2D eigenvalue weighted by atomic mass is 16.4. The number of rotatable bonds is 3. The second-order valence-electron chi connectivity index (χ2n) is 2.51. The monoisotopic (exact) mass is 179 g/mol. The smallest absolute Gasteiger partial charge is 0.335 e. The zero-order valence-electron chi connectivity index (χ0n) is 6.86. The molecule has 0 spiro atoms. The van der Waals surface area contributed by atoms with Gasteiger partial charge in [0.25, 0.3) is 0 Å². The number of aromatic carboxylic acids is 1. The summed E-state index contributed by atoms with van der Waals surface area (Å²) in [4.78, 5) is 21.5. The third-order valence-electron chi connectivity index (χ3n) is 1.64. The van der Waals surface area contributed by atoms with E-state index in [4.69, 9.17) is 10.8 Å². The normalized spacial score (nSPS) is 9.62. The summed E-state index contributed by atoms with van der Waals surface area (Å²) < 4.78 is 0. The molecule has 68 valence electrons. The molecule has 4 nitrogen and oxygen atoms in total. The van der Waals surface area contributed by atoms with E-state index in [2.05, 4.69) is 0 Å². The van der Waals surface area contributed by atoms with Crippen molar-refractivity contribution < 1.29 is 14.7 Å². The Balaban J connectivity index is 2.93. The maximum absolute atomic E-state index is 11.0. The number of benzene rings is 1. The highest BCUT2D eigenvalue weighted by Crippen LogP contribution is 2.04. The van der Waals surface area contributed by atoms with Crippen LogP contribution in [-0.2, 0) is 0 Å². The molecular formula is C9H9NO3. The molecule has 0 aliphatic heterocycles. The van der Waals surface area contributed by atoms with E-state index >= 15 is 0 Å². The lowest BCUT2D eigenvalue weighted by atomic mass is 10.1. The Bertz CT molecular complexity index is 329. The van der Waals surface area contributed by atoms with Crippen LogP contribution in [0.25, 0.3) is 0 Å².